The van der Waals surface area contributed by atoms with Crippen LogP contribution < -0.4 is 10.1 Å². The second-order valence-electron chi connectivity index (χ2n) is 4.38. The summed E-state index contributed by atoms with van der Waals surface area (Å²) in [6.07, 6.45) is 0. The van der Waals surface area contributed by atoms with Crippen molar-refractivity contribution >= 4 is 33.2 Å². The fourth-order valence-corrected chi connectivity index (χ4v) is 2.74. The number of methoxy groups -OCH3 is 1. The van der Waals surface area contributed by atoms with Crippen LogP contribution in [0.15, 0.2) is 40.9 Å². The Balaban J connectivity index is 2.25. The normalized spacial score (nSPS) is 12.1. The first-order valence-electron chi connectivity index (χ1n) is 6.06. The van der Waals surface area contributed by atoms with Gasteiger partial charge in [-0.05, 0) is 36.8 Å². The Labute approximate surface area is 131 Å². The first-order chi connectivity index (χ1) is 9.51. The maximum absolute atomic E-state index is 13.8. The molecule has 2 nitrogen and oxygen atoms in total. The van der Waals surface area contributed by atoms with Gasteiger partial charge in [-0.25, -0.2) is 4.39 Å². The van der Waals surface area contributed by atoms with Crippen LogP contribution in [-0.2, 0) is 0 Å². The third-order valence-corrected chi connectivity index (χ3v) is 3.80. The first kappa shape index (κ1) is 15.1. The molecule has 1 N–H and O–H groups in total. The molecule has 0 aliphatic rings. The van der Waals surface area contributed by atoms with E-state index in [4.69, 9.17) is 16.3 Å². The Bertz CT molecular complexity index is 621. The van der Waals surface area contributed by atoms with Gasteiger partial charge >= 0.3 is 0 Å². The van der Waals surface area contributed by atoms with Gasteiger partial charge in [-0.15, -0.1) is 0 Å². The molecule has 0 fully saturated rings. The van der Waals surface area contributed by atoms with Gasteiger partial charge in [-0.1, -0.05) is 33.6 Å². The van der Waals surface area contributed by atoms with Gasteiger partial charge in [0.1, 0.15) is 11.6 Å². The minimum absolute atomic E-state index is 0.128. The van der Waals surface area contributed by atoms with Gasteiger partial charge in [0, 0.05) is 15.6 Å². The molecule has 0 aliphatic carbocycles. The monoisotopic (exact) mass is 357 g/mol. The van der Waals surface area contributed by atoms with Crippen molar-refractivity contribution in [1.82, 2.24) is 0 Å². The highest BCUT2D eigenvalue weighted by atomic mass is 79.9. The largest absolute Gasteiger partial charge is 0.497 e. The third-order valence-electron chi connectivity index (χ3n) is 2.97. The molecule has 1 unspecified atom stereocenters. The molecule has 20 heavy (non-hydrogen) atoms. The maximum Gasteiger partial charge on any atom is 0.146 e. The Hall–Kier alpha value is -1.26. The molecule has 0 aromatic heterocycles. The van der Waals surface area contributed by atoms with E-state index in [0.717, 1.165) is 10.0 Å². The van der Waals surface area contributed by atoms with E-state index in [1.807, 2.05) is 25.1 Å². The number of hydrogen-bond acceptors (Lipinski definition) is 2. The lowest BCUT2D eigenvalue weighted by atomic mass is 10.1. The van der Waals surface area contributed by atoms with Crippen LogP contribution >= 0.6 is 27.5 Å². The Morgan fingerprint density at radius 2 is 2.00 bits per heavy atom. The van der Waals surface area contributed by atoms with Crippen molar-refractivity contribution in [3.05, 3.63) is 57.3 Å². The van der Waals surface area contributed by atoms with Gasteiger partial charge in [-0.3, -0.25) is 0 Å². The highest BCUT2D eigenvalue weighted by Gasteiger charge is 2.12. The van der Waals surface area contributed by atoms with E-state index < -0.39 is 0 Å². The fourth-order valence-electron chi connectivity index (χ4n) is 1.91. The quantitative estimate of drug-likeness (QED) is 0.787. The van der Waals surface area contributed by atoms with Crippen molar-refractivity contribution in [2.24, 2.45) is 0 Å². The second-order valence-corrected chi connectivity index (χ2v) is 5.70. The van der Waals surface area contributed by atoms with Gasteiger partial charge in [0.05, 0.1) is 18.8 Å². The molecule has 2 aromatic carbocycles. The molecule has 0 heterocycles. The van der Waals surface area contributed by atoms with Gasteiger partial charge in [0.15, 0.2) is 0 Å². The van der Waals surface area contributed by atoms with E-state index in [-0.39, 0.29) is 11.9 Å². The second kappa shape index (κ2) is 6.46. The van der Waals surface area contributed by atoms with Crippen LogP contribution in [0.25, 0.3) is 0 Å². The van der Waals surface area contributed by atoms with Gasteiger partial charge in [-0.2, -0.15) is 0 Å². The van der Waals surface area contributed by atoms with Crippen LogP contribution in [0.3, 0.4) is 0 Å². The van der Waals surface area contributed by atoms with E-state index >= 15 is 0 Å². The number of halogens is 3. The summed E-state index contributed by atoms with van der Waals surface area (Å²) in [7, 11) is 1.55. The SMILES string of the molecule is COc1ccc(F)c(NC(C)c2ccc(Br)cc2Cl)c1. The first-order valence-corrected chi connectivity index (χ1v) is 7.23. The van der Waals surface area contributed by atoms with E-state index in [2.05, 4.69) is 21.2 Å². The molecule has 0 saturated heterocycles. The van der Waals surface area contributed by atoms with Crippen LogP contribution in [0, 0.1) is 5.82 Å². The summed E-state index contributed by atoms with van der Waals surface area (Å²) in [5.74, 6) is 0.272. The van der Waals surface area contributed by atoms with Gasteiger partial charge in [0.2, 0.25) is 0 Å². The molecule has 0 saturated carbocycles. The van der Waals surface area contributed by atoms with E-state index in [9.17, 15) is 4.39 Å². The summed E-state index contributed by atoms with van der Waals surface area (Å²) in [6, 6.07) is 10.1. The number of rotatable bonds is 4. The van der Waals surface area contributed by atoms with E-state index in [0.29, 0.717) is 16.5 Å². The lowest BCUT2D eigenvalue weighted by Gasteiger charge is -2.18. The van der Waals surface area contributed by atoms with Crippen molar-refractivity contribution in [2.45, 2.75) is 13.0 Å². The Kier molecular flexibility index (Phi) is 4.89. The Morgan fingerprint density at radius 3 is 2.65 bits per heavy atom. The zero-order chi connectivity index (χ0) is 14.7. The van der Waals surface area contributed by atoms with E-state index in [1.165, 1.54) is 6.07 Å². The summed E-state index contributed by atoms with van der Waals surface area (Å²) < 4.78 is 19.8. The minimum Gasteiger partial charge on any atom is -0.497 e. The average Bonchev–Trinajstić information content (AvgIpc) is 2.41. The zero-order valence-electron chi connectivity index (χ0n) is 11.1. The standard InChI is InChI=1S/C15H14BrClFNO/c1-9(12-5-3-10(16)7-13(12)17)19-15-8-11(20-2)4-6-14(15)18/h3-9,19H,1-2H3. The summed E-state index contributed by atoms with van der Waals surface area (Å²) in [5, 5.41) is 3.73. The molecule has 0 aliphatic heterocycles. The maximum atomic E-state index is 13.8. The molecule has 1 atom stereocenters. The number of benzene rings is 2. The van der Waals surface area contributed by atoms with Crippen LogP contribution in [0.4, 0.5) is 10.1 Å². The van der Waals surface area contributed by atoms with Crippen LogP contribution in [0.5, 0.6) is 5.75 Å². The third kappa shape index (κ3) is 3.44. The summed E-state index contributed by atoms with van der Waals surface area (Å²) in [4.78, 5) is 0. The molecule has 0 spiro atoms. The molecular formula is C15H14BrClFNO. The van der Waals surface area contributed by atoms with E-state index in [1.54, 1.807) is 19.2 Å². The molecular weight excluding hydrogens is 345 g/mol. The van der Waals surface area contributed by atoms with Gasteiger partial charge < -0.3 is 10.1 Å². The molecule has 0 bridgehead atoms. The molecule has 106 valence electrons. The predicted molar refractivity (Wildman–Crippen MR) is 84.1 cm³/mol. The summed E-state index contributed by atoms with van der Waals surface area (Å²) >= 11 is 9.56. The van der Waals surface area contributed by atoms with Crippen molar-refractivity contribution in [1.29, 1.82) is 0 Å². The topological polar surface area (TPSA) is 21.3 Å². The van der Waals surface area contributed by atoms with Crippen molar-refractivity contribution < 1.29 is 9.13 Å². The number of anilines is 1. The summed E-state index contributed by atoms with van der Waals surface area (Å²) in [6.45, 7) is 1.92. The highest BCUT2D eigenvalue weighted by molar-refractivity contribution is 9.10. The lowest BCUT2D eigenvalue weighted by Crippen LogP contribution is -2.08. The number of nitrogens with one attached hydrogen (secondary N) is 1. The van der Waals surface area contributed by atoms with Crippen molar-refractivity contribution in [3.63, 3.8) is 0 Å². The molecule has 0 radical (unpaired) electrons. The zero-order valence-corrected chi connectivity index (χ0v) is 13.4. The molecule has 5 heteroatoms. The summed E-state index contributed by atoms with van der Waals surface area (Å²) in [5.41, 5.74) is 1.29. The van der Waals surface area contributed by atoms with Crippen LogP contribution in [0.2, 0.25) is 5.02 Å². The van der Waals surface area contributed by atoms with Crippen molar-refractivity contribution in [2.75, 3.05) is 12.4 Å². The molecule has 2 rings (SSSR count). The van der Waals surface area contributed by atoms with Crippen molar-refractivity contribution in [3.8, 4) is 5.75 Å². The molecule has 2 aromatic rings. The van der Waals surface area contributed by atoms with Crippen LogP contribution in [0.1, 0.15) is 18.5 Å². The fraction of sp³-hybridized carbons (Fsp3) is 0.200. The predicted octanol–water partition coefficient (Wildman–Crippen LogP) is 5.42. The molecule has 0 amide bonds. The number of ether oxygens (including phenoxy) is 1. The highest BCUT2D eigenvalue weighted by Crippen LogP contribution is 2.30. The smallest absolute Gasteiger partial charge is 0.146 e. The van der Waals surface area contributed by atoms with Gasteiger partial charge in [0.25, 0.3) is 0 Å². The lowest BCUT2D eigenvalue weighted by molar-refractivity contribution is 0.414. The minimum atomic E-state index is -0.328. The number of hydrogen-bond donors (Lipinski definition) is 1. The Morgan fingerprint density at radius 1 is 1.25 bits per heavy atom. The van der Waals surface area contributed by atoms with Crippen LogP contribution in [-0.4, -0.2) is 7.11 Å². The average molecular weight is 359 g/mol.